The van der Waals surface area contributed by atoms with Gasteiger partial charge in [-0.1, -0.05) is 42.5 Å². The van der Waals surface area contributed by atoms with Gasteiger partial charge in [-0.05, 0) is 36.3 Å². The molecule has 0 aliphatic rings. The summed E-state index contributed by atoms with van der Waals surface area (Å²) in [5.41, 5.74) is 2.36. The lowest BCUT2D eigenvalue weighted by Gasteiger charge is -2.14. The first-order chi connectivity index (χ1) is 13.4. The number of carbonyl (C=O) groups is 3. The van der Waals surface area contributed by atoms with Gasteiger partial charge in [0.1, 0.15) is 6.04 Å². The molecule has 0 bridgehead atoms. The Morgan fingerprint density at radius 2 is 1.64 bits per heavy atom. The highest BCUT2D eigenvalue weighted by molar-refractivity contribution is 5.95. The fourth-order valence-corrected chi connectivity index (χ4v) is 2.43. The van der Waals surface area contributed by atoms with Crippen LogP contribution in [0.15, 0.2) is 60.7 Å². The van der Waals surface area contributed by atoms with E-state index in [9.17, 15) is 14.4 Å². The summed E-state index contributed by atoms with van der Waals surface area (Å²) in [4.78, 5) is 37.5. The van der Waals surface area contributed by atoms with Crippen LogP contribution in [0.25, 0.3) is 6.08 Å². The van der Waals surface area contributed by atoms with E-state index in [1.54, 1.807) is 51.4 Å². The van der Waals surface area contributed by atoms with E-state index < -0.39 is 6.04 Å². The molecule has 1 atom stereocenters. The molecule has 6 heteroatoms. The summed E-state index contributed by atoms with van der Waals surface area (Å²) < 4.78 is 0. The molecule has 0 aliphatic heterocycles. The van der Waals surface area contributed by atoms with Crippen molar-refractivity contribution in [3.63, 3.8) is 0 Å². The third kappa shape index (κ3) is 6.39. The summed E-state index contributed by atoms with van der Waals surface area (Å²) in [6.07, 6.45) is 3.09. The second kappa shape index (κ2) is 10.1. The van der Waals surface area contributed by atoms with Crippen molar-refractivity contribution in [3.05, 3.63) is 77.4 Å². The molecule has 2 N–H and O–H groups in total. The number of hydrogen-bond donors (Lipinski definition) is 2. The van der Waals surface area contributed by atoms with Gasteiger partial charge >= 0.3 is 0 Å². The number of benzene rings is 2. The van der Waals surface area contributed by atoms with Gasteiger partial charge in [0.05, 0.1) is 0 Å². The standard InChI is InChI=1S/C22H25N3O3/c1-16(24-20(26)14-11-17-7-5-4-6-8-17)21(27)23-15-18-9-12-19(13-10-18)22(28)25(2)3/h4-14,16H,15H2,1-3H3,(H,23,27)(H,24,26)/b14-11+. The van der Waals surface area contributed by atoms with Gasteiger partial charge in [-0.3, -0.25) is 14.4 Å². The van der Waals surface area contributed by atoms with E-state index in [0.29, 0.717) is 12.1 Å². The van der Waals surface area contributed by atoms with Gasteiger partial charge in [0, 0.05) is 32.3 Å². The van der Waals surface area contributed by atoms with E-state index in [2.05, 4.69) is 10.6 Å². The highest BCUT2D eigenvalue weighted by atomic mass is 16.2. The minimum Gasteiger partial charge on any atom is -0.350 e. The van der Waals surface area contributed by atoms with Gasteiger partial charge in [0.2, 0.25) is 11.8 Å². The van der Waals surface area contributed by atoms with Crippen molar-refractivity contribution >= 4 is 23.8 Å². The molecule has 2 aromatic rings. The smallest absolute Gasteiger partial charge is 0.253 e. The zero-order valence-electron chi connectivity index (χ0n) is 16.3. The molecule has 28 heavy (non-hydrogen) atoms. The molecule has 146 valence electrons. The van der Waals surface area contributed by atoms with Crippen LogP contribution < -0.4 is 10.6 Å². The van der Waals surface area contributed by atoms with Crippen molar-refractivity contribution in [2.75, 3.05) is 14.1 Å². The van der Waals surface area contributed by atoms with E-state index in [-0.39, 0.29) is 17.7 Å². The van der Waals surface area contributed by atoms with E-state index in [1.807, 2.05) is 30.3 Å². The Balaban J connectivity index is 1.81. The minimum atomic E-state index is -0.664. The maximum atomic E-state index is 12.2. The third-order valence-electron chi connectivity index (χ3n) is 4.05. The molecule has 0 saturated carbocycles. The molecule has 0 saturated heterocycles. The number of carbonyl (C=O) groups excluding carboxylic acids is 3. The summed E-state index contributed by atoms with van der Waals surface area (Å²) >= 11 is 0. The van der Waals surface area contributed by atoms with Crippen molar-refractivity contribution in [2.45, 2.75) is 19.5 Å². The molecule has 2 aromatic carbocycles. The van der Waals surface area contributed by atoms with Gasteiger partial charge in [-0.15, -0.1) is 0 Å². The van der Waals surface area contributed by atoms with Gasteiger partial charge in [-0.2, -0.15) is 0 Å². The summed E-state index contributed by atoms with van der Waals surface area (Å²) in [5, 5.41) is 5.41. The van der Waals surface area contributed by atoms with Crippen LogP contribution in [0.4, 0.5) is 0 Å². The monoisotopic (exact) mass is 379 g/mol. The van der Waals surface area contributed by atoms with Crippen LogP contribution in [0.5, 0.6) is 0 Å². The van der Waals surface area contributed by atoms with Crippen LogP contribution in [-0.4, -0.2) is 42.8 Å². The van der Waals surface area contributed by atoms with Crippen LogP contribution in [0, 0.1) is 0 Å². The topological polar surface area (TPSA) is 78.5 Å². The largest absolute Gasteiger partial charge is 0.350 e. The average Bonchev–Trinajstić information content (AvgIpc) is 2.71. The molecule has 0 spiro atoms. The van der Waals surface area contributed by atoms with Gasteiger partial charge in [0.15, 0.2) is 0 Å². The number of rotatable bonds is 7. The lowest BCUT2D eigenvalue weighted by molar-refractivity contribution is -0.126. The van der Waals surface area contributed by atoms with E-state index in [1.165, 1.54) is 11.0 Å². The molecule has 1 unspecified atom stereocenters. The van der Waals surface area contributed by atoms with Gasteiger partial charge in [-0.25, -0.2) is 0 Å². The quantitative estimate of drug-likeness (QED) is 0.724. The molecule has 0 fully saturated rings. The van der Waals surface area contributed by atoms with Crippen molar-refractivity contribution in [3.8, 4) is 0 Å². The van der Waals surface area contributed by atoms with E-state index in [0.717, 1.165) is 11.1 Å². The summed E-state index contributed by atoms with van der Waals surface area (Å²) in [6, 6.07) is 15.8. The van der Waals surface area contributed by atoms with Gasteiger partial charge < -0.3 is 15.5 Å². The Hall–Kier alpha value is -3.41. The predicted molar refractivity (Wildman–Crippen MR) is 109 cm³/mol. The molecule has 0 heterocycles. The zero-order chi connectivity index (χ0) is 20.5. The Morgan fingerprint density at radius 1 is 1.00 bits per heavy atom. The fourth-order valence-electron chi connectivity index (χ4n) is 2.43. The van der Waals surface area contributed by atoms with Crippen molar-refractivity contribution in [2.24, 2.45) is 0 Å². The molecule has 6 nitrogen and oxygen atoms in total. The lowest BCUT2D eigenvalue weighted by Crippen LogP contribution is -2.44. The Bertz CT molecular complexity index is 843. The van der Waals surface area contributed by atoms with Crippen LogP contribution in [-0.2, 0) is 16.1 Å². The molecule has 0 aliphatic carbocycles. The van der Waals surface area contributed by atoms with E-state index in [4.69, 9.17) is 0 Å². The van der Waals surface area contributed by atoms with Crippen LogP contribution in [0.1, 0.15) is 28.4 Å². The molecule has 0 aromatic heterocycles. The number of nitrogens with zero attached hydrogens (tertiary/aromatic N) is 1. The SMILES string of the molecule is CC(NC(=O)/C=C/c1ccccc1)C(=O)NCc1ccc(C(=O)N(C)C)cc1. The van der Waals surface area contributed by atoms with Crippen molar-refractivity contribution < 1.29 is 14.4 Å². The predicted octanol–water partition coefficient (Wildman–Crippen LogP) is 2.22. The first-order valence-corrected chi connectivity index (χ1v) is 8.98. The molecular weight excluding hydrogens is 354 g/mol. The molecule has 2 rings (SSSR count). The zero-order valence-corrected chi connectivity index (χ0v) is 16.3. The Kier molecular flexibility index (Phi) is 7.51. The van der Waals surface area contributed by atoms with Crippen LogP contribution in [0.3, 0.4) is 0 Å². The Morgan fingerprint density at radius 3 is 2.25 bits per heavy atom. The molecule has 0 radical (unpaired) electrons. The highest BCUT2D eigenvalue weighted by Gasteiger charge is 2.14. The molecule has 3 amide bonds. The second-order valence-corrected chi connectivity index (χ2v) is 6.59. The first-order valence-electron chi connectivity index (χ1n) is 8.98. The summed E-state index contributed by atoms with van der Waals surface area (Å²) in [7, 11) is 3.39. The van der Waals surface area contributed by atoms with Crippen molar-refractivity contribution in [1.29, 1.82) is 0 Å². The van der Waals surface area contributed by atoms with Gasteiger partial charge in [0.25, 0.3) is 5.91 Å². The summed E-state index contributed by atoms with van der Waals surface area (Å²) in [5.74, 6) is -0.691. The first kappa shape index (κ1) is 20.9. The maximum Gasteiger partial charge on any atom is 0.253 e. The summed E-state index contributed by atoms with van der Waals surface area (Å²) in [6.45, 7) is 1.94. The normalized spacial score (nSPS) is 11.7. The average molecular weight is 379 g/mol. The van der Waals surface area contributed by atoms with Crippen LogP contribution >= 0.6 is 0 Å². The Labute approximate surface area is 165 Å². The van der Waals surface area contributed by atoms with E-state index >= 15 is 0 Å². The number of nitrogens with one attached hydrogen (secondary N) is 2. The van der Waals surface area contributed by atoms with Crippen LogP contribution in [0.2, 0.25) is 0 Å². The number of amides is 3. The third-order valence-corrected chi connectivity index (χ3v) is 4.05. The highest BCUT2D eigenvalue weighted by Crippen LogP contribution is 2.06. The maximum absolute atomic E-state index is 12.2. The minimum absolute atomic E-state index is 0.0736. The number of hydrogen-bond acceptors (Lipinski definition) is 3. The van der Waals surface area contributed by atoms with Crippen molar-refractivity contribution in [1.82, 2.24) is 15.5 Å². The molecular formula is C22H25N3O3. The fraction of sp³-hybridized carbons (Fsp3) is 0.227. The second-order valence-electron chi connectivity index (χ2n) is 6.59. The lowest BCUT2D eigenvalue weighted by atomic mass is 10.1.